The van der Waals surface area contributed by atoms with E-state index >= 15 is 0 Å². The van der Waals surface area contributed by atoms with Gasteiger partial charge in [-0.3, -0.25) is 9.59 Å². The van der Waals surface area contributed by atoms with Gasteiger partial charge in [-0.1, -0.05) is 6.92 Å². The number of hydrogen-bond donors (Lipinski definition) is 0. The van der Waals surface area contributed by atoms with Crippen molar-refractivity contribution in [3.8, 4) is 0 Å². The molecule has 0 aromatic rings. The molecule has 0 aromatic heterocycles. The number of nitrogens with zero attached hydrogens (tertiary/aromatic N) is 1. The van der Waals surface area contributed by atoms with Gasteiger partial charge < -0.3 is 14.4 Å². The number of methoxy groups -OCH3 is 1. The van der Waals surface area contributed by atoms with Crippen LogP contribution in [0, 0.1) is 5.92 Å². The number of carbonyl (C=O) groups is 3. The van der Waals surface area contributed by atoms with Gasteiger partial charge in [0.2, 0.25) is 5.91 Å². The number of amides is 1. The normalized spacial score (nSPS) is 20.8. The summed E-state index contributed by atoms with van der Waals surface area (Å²) in [4.78, 5) is 37.0. The molecule has 6 nitrogen and oxygen atoms in total. The fourth-order valence-electron chi connectivity index (χ4n) is 2.24. The van der Waals surface area contributed by atoms with Gasteiger partial charge in [0.1, 0.15) is 11.6 Å². The summed E-state index contributed by atoms with van der Waals surface area (Å²) in [6, 6.07) is -0.642. The highest BCUT2D eigenvalue weighted by atomic mass is 16.6. The van der Waals surface area contributed by atoms with Crippen LogP contribution in [-0.4, -0.2) is 48.0 Å². The van der Waals surface area contributed by atoms with Crippen LogP contribution in [0.4, 0.5) is 0 Å². The third-order valence-electron chi connectivity index (χ3n) is 3.13. The topological polar surface area (TPSA) is 72.9 Å². The largest absolute Gasteiger partial charge is 0.469 e. The molecule has 1 fully saturated rings. The predicted molar refractivity (Wildman–Crippen MR) is 71.8 cm³/mol. The van der Waals surface area contributed by atoms with Crippen LogP contribution < -0.4 is 0 Å². The lowest BCUT2D eigenvalue weighted by molar-refractivity contribution is -0.164. The van der Waals surface area contributed by atoms with Gasteiger partial charge >= 0.3 is 11.9 Å². The van der Waals surface area contributed by atoms with Gasteiger partial charge in [-0.05, 0) is 27.2 Å². The van der Waals surface area contributed by atoms with Crippen molar-refractivity contribution in [2.24, 2.45) is 5.92 Å². The van der Waals surface area contributed by atoms with Crippen LogP contribution in [0.1, 0.15) is 40.5 Å². The second-order valence-corrected chi connectivity index (χ2v) is 5.93. The predicted octanol–water partition coefficient (Wildman–Crippen LogP) is 1.13. The van der Waals surface area contributed by atoms with Crippen LogP contribution >= 0.6 is 0 Å². The number of rotatable bonds is 4. The zero-order chi connectivity index (χ0) is 15.5. The van der Waals surface area contributed by atoms with E-state index in [0.717, 1.165) is 0 Å². The fraction of sp³-hybridized carbons (Fsp3) is 0.786. The molecule has 1 saturated heterocycles. The summed E-state index contributed by atoms with van der Waals surface area (Å²) in [5.41, 5.74) is -0.602. The van der Waals surface area contributed by atoms with Crippen molar-refractivity contribution in [1.29, 1.82) is 0 Å². The summed E-state index contributed by atoms with van der Waals surface area (Å²) < 4.78 is 9.98. The van der Waals surface area contributed by atoms with Gasteiger partial charge in [0.25, 0.3) is 0 Å². The Labute approximate surface area is 119 Å². The average molecular weight is 285 g/mol. The van der Waals surface area contributed by atoms with Crippen LogP contribution in [0.2, 0.25) is 0 Å². The lowest BCUT2D eigenvalue weighted by atomic mass is 10.1. The maximum Gasteiger partial charge on any atom is 0.329 e. The maximum absolute atomic E-state index is 12.1. The lowest BCUT2D eigenvalue weighted by Gasteiger charge is -2.29. The van der Waals surface area contributed by atoms with Crippen LogP contribution in [0.15, 0.2) is 0 Å². The first-order valence-corrected chi connectivity index (χ1v) is 6.79. The Morgan fingerprint density at radius 3 is 2.45 bits per heavy atom. The van der Waals surface area contributed by atoms with E-state index in [1.165, 1.54) is 12.0 Å². The van der Waals surface area contributed by atoms with Crippen molar-refractivity contribution in [2.75, 3.05) is 13.7 Å². The second-order valence-electron chi connectivity index (χ2n) is 5.93. The van der Waals surface area contributed by atoms with Crippen molar-refractivity contribution in [2.45, 2.75) is 52.2 Å². The van der Waals surface area contributed by atoms with Gasteiger partial charge in [0.05, 0.1) is 13.0 Å². The number of likely N-dealkylation sites (tertiary alicyclic amines) is 1. The van der Waals surface area contributed by atoms with E-state index in [2.05, 4.69) is 4.74 Å². The van der Waals surface area contributed by atoms with Gasteiger partial charge in [0, 0.05) is 13.0 Å². The van der Waals surface area contributed by atoms with Crippen LogP contribution in [0.3, 0.4) is 0 Å². The maximum atomic E-state index is 12.1. The van der Waals surface area contributed by atoms with E-state index in [0.29, 0.717) is 6.42 Å². The average Bonchev–Trinajstić information content (AvgIpc) is 2.69. The molecule has 1 aliphatic heterocycles. The Morgan fingerprint density at radius 2 is 2.00 bits per heavy atom. The summed E-state index contributed by atoms with van der Waals surface area (Å²) in [7, 11) is 1.29. The van der Waals surface area contributed by atoms with Crippen molar-refractivity contribution in [3.63, 3.8) is 0 Å². The number of hydrogen-bond acceptors (Lipinski definition) is 5. The summed E-state index contributed by atoms with van der Waals surface area (Å²) in [5, 5.41) is 0. The minimum Gasteiger partial charge on any atom is -0.469 e. The number of ether oxygens (including phenoxy) is 2. The Bertz CT molecular complexity index is 399. The minimum atomic E-state index is -0.642. The van der Waals surface area contributed by atoms with Crippen molar-refractivity contribution in [1.82, 2.24) is 4.90 Å². The van der Waals surface area contributed by atoms with E-state index in [1.807, 2.05) is 6.92 Å². The van der Waals surface area contributed by atoms with Gasteiger partial charge in [-0.25, -0.2) is 4.79 Å². The first-order valence-electron chi connectivity index (χ1n) is 6.79. The molecule has 0 radical (unpaired) electrons. The molecule has 20 heavy (non-hydrogen) atoms. The summed E-state index contributed by atoms with van der Waals surface area (Å²) in [6.45, 7) is 7.36. The van der Waals surface area contributed by atoms with E-state index < -0.39 is 29.5 Å². The highest BCUT2D eigenvalue weighted by molar-refractivity contribution is 5.90. The van der Waals surface area contributed by atoms with Crippen LogP contribution in [-0.2, 0) is 23.9 Å². The van der Waals surface area contributed by atoms with E-state index in [-0.39, 0.29) is 18.9 Å². The molecule has 1 heterocycles. The molecule has 0 N–H and O–H groups in total. The molecule has 0 saturated carbocycles. The molecule has 6 heteroatoms. The highest BCUT2D eigenvalue weighted by Gasteiger charge is 2.41. The molecule has 0 spiro atoms. The molecule has 1 aliphatic rings. The Hall–Kier alpha value is -1.59. The van der Waals surface area contributed by atoms with Crippen LogP contribution in [0.25, 0.3) is 0 Å². The first-order chi connectivity index (χ1) is 9.19. The zero-order valence-electron chi connectivity index (χ0n) is 12.8. The summed E-state index contributed by atoms with van der Waals surface area (Å²) >= 11 is 0. The third kappa shape index (κ3) is 3.95. The van der Waals surface area contributed by atoms with Gasteiger partial charge in [0.15, 0.2) is 0 Å². The third-order valence-corrected chi connectivity index (χ3v) is 3.13. The highest BCUT2D eigenvalue weighted by Crippen LogP contribution is 2.24. The molecule has 1 unspecified atom stereocenters. The monoisotopic (exact) mass is 285 g/mol. The molecule has 0 bridgehead atoms. The SMILES string of the molecule is CC[C@@H](C(=O)OC(C)(C)C)N1CC(C(=O)OC)CC1=O. The summed E-state index contributed by atoms with van der Waals surface area (Å²) in [5.74, 6) is -1.55. The molecular formula is C14H23NO5. The summed E-state index contributed by atoms with van der Waals surface area (Å²) in [6.07, 6.45) is 0.542. The van der Waals surface area contributed by atoms with Crippen molar-refractivity contribution in [3.05, 3.63) is 0 Å². The standard InChI is InChI=1S/C14H23NO5/c1-6-10(13(18)20-14(2,3)4)15-8-9(7-11(15)16)12(17)19-5/h9-10H,6-8H2,1-5H3/t9?,10-/m0/s1. The number of esters is 2. The number of carbonyl (C=O) groups excluding carboxylic acids is 3. The van der Waals surface area contributed by atoms with E-state index in [1.54, 1.807) is 20.8 Å². The van der Waals surface area contributed by atoms with Crippen molar-refractivity contribution >= 4 is 17.8 Å². The Kier molecular flexibility index (Phi) is 5.14. The molecule has 1 rings (SSSR count). The Balaban J connectivity index is 2.78. The van der Waals surface area contributed by atoms with Gasteiger partial charge in [-0.2, -0.15) is 0 Å². The molecule has 0 aromatic carbocycles. The fourth-order valence-corrected chi connectivity index (χ4v) is 2.24. The molecule has 1 amide bonds. The Morgan fingerprint density at radius 1 is 1.40 bits per heavy atom. The molecule has 114 valence electrons. The zero-order valence-corrected chi connectivity index (χ0v) is 12.8. The van der Waals surface area contributed by atoms with Crippen LogP contribution in [0.5, 0.6) is 0 Å². The smallest absolute Gasteiger partial charge is 0.329 e. The second kappa shape index (κ2) is 6.24. The lowest BCUT2D eigenvalue weighted by Crippen LogP contribution is -2.45. The first kappa shape index (κ1) is 16.5. The molecule has 0 aliphatic carbocycles. The molecular weight excluding hydrogens is 262 g/mol. The molecule has 2 atom stereocenters. The quantitative estimate of drug-likeness (QED) is 0.724. The van der Waals surface area contributed by atoms with Gasteiger partial charge in [-0.15, -0.1) is 0 Å². The van der Waals surface area contributed by atoms with E-state index in [4.69, 9.17) is 4.74 Å². The van der Waals surface area contributed by atoms with E-state index in [9.17, 15) is 14.4 Å². The van der Waals surface area contributed by atoms with Crippen molar-refractivity contribution < 1.29 is 23.9 Å². The minimum absolute atomic E-state index is 0.0893.